The summed E-state index contributed by atoms with van der Waals surface area (Å²) in [5.74, 6) is -0.173. The second-order valence-electron chi connectivity index (χ2n) is 7.31. The van der Waals surface area contributed by atoms with Gasteiger partial charge in [-0.3, -0.25) is 4.79 Å². The van der Waals surface area contributed by atoms with Gasteiger partial charge in [0.25, 0.3) is 0 Å². The molecule has 2 aliphatic rings. The summed E-state index contributed by atoms with van der Waals surface area (Å²) < 4.78 is 0. The quantitative estimate of drug-likeness (QED) is 0.399. The monoisotopic (exact) mass is 368 g/mol. The van der Waals surface area contributed by atoms with Crippen molar-refractivity contribution >= 4 is 17.7 Å². The molecule has 4 nitrogen and oxygen atoms in total. The Morgan fingerprint density at radius 2 is 2.16 bits per heavy atom. The zero-order chi connectivity index (χ0) is 18.2. The summed E-state index contributed by atoms with van der Waals surface area (Å²) >= 11 is 1.86. The van der Waals surface area contributed by atoms with E-state index in [0.717, 1.165) is 44.9 Å². The number of carboxylic acids is 1. The molecule has 1 heterocycles. The lowest BCUT2D eigenvalue weighted by Gasteiger charge is -2.17. The number of unbranched alkanes of at least 4 members (excludes halogenated alkanes) is 3. The molecule has 0 spiro atoms. The molecule has 5 atom stereocenters. The average molecular weight is 369 g/mol. The number of allylic oxidation sites excluding steroid dienone is 2. The summed E-state index contributed by atoms with van der Waals surface area (Å²) in [7, 11) is 0. The fraction of sp³-hybridized carbons (Fsp3) is 0.750. The second-order valence-corrected chi connectivity index (χ2v) is 8.67. The maximum absolute atomic E-state index is 10.6. The highest BCUT2D eigenvalue weighted by Crippen LogP contribution is 2.53. The van der Waals surface area contributed by atoms with Gasteiger partial charge in [-0.2, -0.15) is 0 Å². The summed E-state index contributed by atoms with van der Waals surface area (Å²) in [6.45, 7) is 2.15. The molecule has 3 N–H and O–H groups in total. The topological polar surface area (TPSA) is 77.8 Å². The maximum atomic E-state index is 10.6. The predicted molar refractivity (Wildman–Crippen MR) is 102 cm³/mol. The van der Waals surface area contributed by atoms with E-state index in [0.29, 0.717) is 17.6 Å². The van der Waals surface area contributed by atoms with Crippen LogP contribution in [-0.4, -0.2) is 38.7 Å². The normalized spacial score (nSPS) is 31.7. The third kappa shape index (κ3) is 6.46. The molecule has 2 rings (SSSR count). The lowest BCUT2D eigenvalue weighted by atomic mass is 9.90. The molecule has 0 unspecified atom stereocenters. The van der Waals surface area contributed by atoms with E-state index in [1.54, 1.807) is 0 Å². The minimum atomic E-state index is -0.736. The van der Waals surface area contributed by atoms with Gasteiger partial charge >= 0.3 is 5.97 Å². The third-order valence-corrected chi connectivity index (χ3v) is 6.74. The first-order chi connectivity index (χ1) is 12.0. The number of hydrogen-bond acceptors (Lipinski definition) is 4. The molecule has 25 heavy (non-hydrogen) atoms. The molecule has 1 aliphatic carbocycles. The van der Waals surface area contributed by atoms with Crippen LogP contribution >= 0.6 is 11.8 Å². The van der Waals surface area contributed by atoms with Crippen LogP contribution < -0.4 is 0 Å². The third-order valence-electron chi connectivity index (χ3n) is 5.26. The van der Waals surface area contributed by atoms with E-state index in [9.17, 15) is 15.0 Å². The molecule has 2 fully saturated rings. The molecular weight excluding hydrogens is 336 g/mol. The molecular formula is C20H32O4S. The first kappa shape index (κ1) is 20.5. The smallest absolute Gasteiger partial charge is 0.303 e. The van der Waals surface area contributed by atoms with Crippen molar-refractivity contribution < 1.29 is 20.1 Å². The van der Waals surface area contributed by atoms with Crippen LogP contribution in [0.2, 0.25) is 0 Å². The molecule has 0 aromatic carbocycles. The fourth-order valence-corrected chi connectivity index (χ4v) is 5.49. The lowest BCUT2D eigenvalue weighted by molar-refractivity contribution is -0.137. The van der Waals surface area contributed by atoms with Gasteiger partial charge in [-0.1, -0.05) is 44.4 Å². The first-order valence-corrected chi connectivity index (χ1v) is 10.5. The van der Waals surface area contributed by atoms with Crippen molar-refractivity contribution in [1.82, 2.24) is 0 Å². The van der Waals surface area contributed by atoms with Crippen LogP contribution in [0.1, 0.15) is 64.7 Å². The van der Waals surface area contributed by atoms with Gasteiger partial charge < -0.3 is 15.3 Å². The van der Waals surface area contributed by atoms with E-state index in [4.69, 9.17) is 5.11 Å². The highest BCUT2D eigenvalue weighted by atomic mass is 32.2. The minimum Gasteiger partial charge on any atom is -0.481 e. The van der Waals surface area contributed by atoms with Gasteiger partial charge in [0.05, 0.1) is 12.2 Å². The van der Waals surface area contributed by atoms with Crippen molar-refractivity contribution in [1.29, 1.82) is 0 Å². The highest BCUT2D eigenvalue weighted by molar-refractivity contribution is 8.04. The van der Waals surface area contributed by atoms with Crippen molar-refractivity contribution in [3.05, 3.63) is 23.1 Å². The SMILES string of the molecule is CCCCC[C@H](O)/C=C/[C@@H]1[C@H]2C/C(=C/CCCC(=O)O)S[C@H]2C[C@H]1O. The van der Waals surface area contributed by atoms with E-state index in [1.165, 1.54) is 4.91 Å². The summed E-state index contributed by atoms with van der Waals surface area (Å²) in [6, 6.07) is 0. The number of thioether (sulfide) groups is 1. The van der Waals surface area contributed by atoms with Crippen LogP contribution in [0.4, 0.5) is 0 Å². The van der Waals surface area contributed by atoms with Gasteiger partial charge in [-0.25, -0.2) is 0 Å². The Labute approximate surface area is 155 Å². The van der Waals surface area contributed by atoms with Crippen LogP contribution in [0.3, 0.4) is 0 Å². The average Bonchev–Trinajstić information content (AvgIpc) is 3.06. The van der Waals surface area contributed by atoms with E-state index >= 15 is 0 Å². The van der Waals surface area contributed by atoms with Crippen molar-refractivity contribution in [2.75, 3.05) is 0 Å². The number of aliphatic carboxylic acids is 1. The Balaban J connectivity index is 1.83. The van der Waals surface area contributed by atoms with E-state index in [-0.39, 0.29) is 18.4 Å². The van der Waals surface area contributed by atoms with Crippen LogP contribution in [-0.2, 0) is 4.79 Å². The van der Waals surface area contributed by atoms with Crippen LogP contribution in [0.15, 0.2) is 23.1 Å². The van der Waals surface area contributed by atoms with Crippen LogP contribution in [0, 0.1) is 11.8 Å². The van der Waals surface area contributed by atoms with E-state index in [1.807, 2.05) is 23.9 Å². The summed E-state index contributed by atoms with van der Waals surface area (Å²) in [5.41, 5.74) is 0. The summed E-state index contributed by atoms with van der Waals surface area (Å²) in [5, 5.41) is 29.6. The van der Waals surface area contributed by atoms with Gasteiger partial charge in [-0.05, 0) is 42.9 Å². The van der Waals surface area contributed by atoms with Crippen molar-refractivity contribution in [3.8, 4) is 0 Å². The van der Waals surface area contributed by atoms with Crippen molar-refractivity contribution in [2.24, 2.45) is 11.8 Å². The van der Waals surface area contributed by atoms with Crippen molar-refractivity contribution in [2.45, 2.75) is 82.2 Å². The van der Waals surface area contributed by atoms with Gasteiger partial charge in [0.1, 0.15) is 0 Å². The van der Waals surface area contributed by atoms with Gasteiger partial charge in [0.15, 0.2) is 0 Å². The lowest BCUT2D eigenvalue weighted by Crippen LogP contribution is -2.17. The van der Waals surface area contributed by atoms with Gasteiger partial charge in [0, 0.05) is 17.6 Å². The molecule has 1 saturated heterocycles. The zero-order valence-electron chi connectivity index (χ0n) is 15.1. The molecule has 0 amide bonds. The number of carboxylic acid groups (broad SMARTS) is 1. The first-order valence-electron chi connectivity index (χ1n) is 9.63. The molecule has 0 radical (unpaired) electrons. The number of carbonyl (C=O) groups is 1. The highest BCUT2D eigenvalue weighted by Gasteiger charge is 2.45. The van der Waals surface area contributed by atoms with E-state index < -0.39 is 12.1 Å². The summed E-state index contributed by atoms with van der Waals surface area (Å²) in [6.07, 6.45) is 13.0. The standard InChI is InChI=1S/C20H32O4S/c1-2-3-4-7-14(21)10-11-16-17-12-15(8-5-6-9-20(23)24)25-19(17)13-18(16)22/h8,10-11,14,16-19,21-22H,2-7,9,12-13H2,1H3,(H,23,24)/b11-10+,15-8-/t14-,16+,17+,18+,19-/m0/s1. The van der Waals surface area contributed by atoms with Crippen molar-refractivity contribution in [3.63, 3.8) is 0 Å². The van der Waals surface area contributed by atoms with Crippen LogP contribution in [0.5, 0.6) is 0 Å². The molecule has 1 saturated carbocycles. The number of aliphatic hydroxyl groups is 2. The number of fused-ring (bicyclic) bond motifs is 1. The zero-order valence-corrected chi connectivity index (χ0v) is 16.0. The number of aliphatic hydroxyl groups excluding tert-OH is 2. The Morgan fingerprint density at radius 3 is 2.88 bits per heavy atom. The Kier molecular flexibility index (Phi) is 8.53. The predicted octanol–water partition coefficient (Wildman–Crippen LogP) is 4.13. The number of hydrogen-bond donors (Lipinski definition) is 3. The van der Waals surface area contributed by atoms with Crippen LogP contribution in [0.25, 0.3) is 0 Å². The fourth-order valence-electron chi connectivity index (χ4n) is 3.86. The summed E-state index contributed by atoms with van der Waals surface area (Å²) in [4.78, 5) is 11.9. The van der Waals surface area contributed by atoms with E-state index in [2.05, 4.69) is 13.0 Å². The maximum Gasteiger partial charge on any atom is 0.303 e. The van der Waals surface area contributed by atoms with Gasteiger partial charge in [0.2, 0.25) is 0 Å². The molecule has 5 heteroatoms. The molecule has 1 aliphatic heterocycles. The molecule has 0 aromatic rings. The Hall–Kier alpha value is -0.780. The Morgan fingerprint density at radius 1 is 1.36 bits per heavy atom. The minimum absolute atomic E-state index is 0.128. The molecule has 0 bridgehead atoms. The number of rotatable bonds is 10. The largest absolute Gasteiger partial charge is 0.481 e. The molecule has 0 aromatic heterocycles. The second kappa shape index (κ2) is 10.4. The Bertz CT molecular complexity index is 488. The molecule has 142 valence electrons. The van der Waals surface area contributed by atoms with Gasteiger partial charge in [-0.15, -0.1) is 11.8 Å².